The Labute approximate surface area is 191 Å². The zero-order valence-corrected chi connectivity index (χ0v) is 19.3. The predicted octanol–water partition coefficient (Wildman–Crippen LogP) is 7.55. The Morgan fingerprint density at radius 1 is 1.21 bits per heavy atom. The van der Waals surface area contributed by atoms with Gasteiger partial charge in [-0.25, -0.2) is 4.98 Å². The van der Waals surface area contributed by atoms with Crippen molar-refractivity contribution in [3.8, 4) is 5.75 Å². The van der Waals surface area contributed by atoms with E-state index in [1.165, 1.54) is 49.9 Å². The summed E-state index contributed by atoms with van der Waals surface area (Å²) in [6.45, 7) is 8.97. The van der Waals surface area contributed by atoms with Gasteiger partial charge >= 0.3 is 6.36 Å². The van der Waals surface area contributed by atoms with E-state index in [1.54, 1.807) is 12.1 Å². The molecule has 1 fully saturated rings. The quantitative estimate of drug-likeness (QED) is 0.394. The lowest BCUT2D eigenvalue weighted by Gasteiger charge is -2.33. The second kappa shape index (κ2) is 9.85. The molecule has 3 aromatic rings. The first-order chi connectivity index (χ1) is 15.4. The molecule has 0 radical (unpaired) electrons. The van der Waals surface area contributed by atoms with Crippen LogP contribution in [-0.2, 0) is 0 Å². The van der Waals surface area contributed by atoms with Gasteiger partial charge in [-0.15, -0.1) is 13.2 Å². The average molecular weight is 462 g/mol. The van der Waals surface area contributed by atoms with Crippen molar-refractivity contribution in [1.29, 1.82) is 0 Å². The first kappa shape index (κ1) is 24.6. The second-order valence-corrected chi connectivity index (χ2v) is 9.49. The number of carbonyl (C=O) groups excluding carboxylic acids is 1. The molecule has 1 saturated carbocycles. The Hall–Kier alpha value is -3.03. The van der Waals surface area contributed by atoms with E-state index < -0.39 is 6.36 Å². The lowest BCUT2D eigenvalue weighted by Crippen LogP contribution is -2.20. The molecule has 1 aromatic heterocycles. The molecule has 1 heterocycles. The number of benzene rings is 2. The number of rotatable bonds is 4. The Kier molecular flexibility index (Phi) is 7.34. The molecule has 2 N–H and O–H groups in total. The molecular formula is C25H30F3N3O2. The number of ether oxygens (including phenoxy) is 1. The number of aldehydes is 1. The van der Waals surface area contributed by atoms with Crippen molar-refractivity contribution in [1.82, 2.24) is 9.97 Å². The maximum Gasteiger partial charge on any atom is 0.573 e. The van der Waals surface area contributed by atoms with Crippen LogP contribution in [0.25, 0.3) is 11.0 Å². The number of aromatic amines is 1. The van der Waals surface area contributed by atoms with Gasteiger partial charge in [0.25, 0.3) is 0 Å². The summed E-state index contributed by atoms with van der Waals surface area (Å²) in [5, 5.41) is 2.95. The van der Waals surface area contributed by atoms with Gasteiger partial charge in [0.05, 0.1) is 11.0 Å². The first-order valence-corrected chi connectivity index (χ1v) is 11.0. The third kappa shape index (κ3) is 7.23. The number of imidazole rings is 1. The number of carbonyl (C=O) groups is 1. The van der Waals surface area contributed by atoms with Crippen LogP contribution in [0.3, 0.4) is 0 Å². The van der Waals surface area contributed by atoms with E-state index in [0.29, 0.717) is 28.1 Å². The van der Waals surface area contributed by atoms with Crippen LogP contribution in [0.5, 0.6) is 5.75 Å². The maximum absolute atomic E-state index is 12.1. The van der Waals surface area contributed by atoms with Crippen LogP contribution in [-0.4, -0.2) is 22.6 Å². The van der Waals surface area contributed by atoms with E-state index in [9.17, 15) is 18.0 Å². The molecule has 0 saturated heterocycles. The number of nitrogens with zero attached hydrogens (tertiary/aromatic N) is 1. The van der Waals surface area contributed by atoms with E-state index in [1.807, 2.05) is 6.92 Å². The molecule has 8 heteroatoms. The van der Waals surface area contributed by atoms with E-state index in [2.05, 4.69) is 40.8 Å². The van der Waals surface area contributed by atoms with Gasteiger partial charge < -0.3 is 15.0 Å². The zero-order valence-electron chi connectivity index (χ0n) is 19.3. The normalized spacial score (nSPS) is 17.7. The molecule has 2 aromatic carbocycles. The highest BCUT2D eigenvalue weighted by molar-refractivity contribution is 5.88. The predicted molar refractivity (Wildman–Crippen MR) is 124 cm³/mol. The fourth-order valence-electron chi connectivity index (χ4n) is 4.32. The van der Waals surface area contributed by atoms with Gasteiger partial charge in [-0.05, 0) is 73.1 Å². The largest absolute Gasteiger partial charge is 0.573 e. The molecule has 4 rings (SSSR count). The van der Waals surface area contributed by atoms with Gasteiger partial charge in [-0.3, -0.25) is 4.79 Å². The SMILES string of the molecule is CC1CCCC(C)(C)C1.Cc1cc2[nH]c(Nc3ccc(OC(F)(F)F)cc3)nc2cc1C=O. The van der Waals surface area contributed by atoms with Gasteiger partial charge in [0.15, 0.2) is 0 Å². The minimum Gasteiger partial charge on any atom is -0.406 e. The number of hydrogen-bond acceptors (Lipinski definition) is 4. The summed E-state index contributed by atoms with van der Waals surface area (Å²) < 4.78 is 40.2. The molecule has 5 nitrogen and oxygen atoms in total. The molecule has 178 valence electrons. The van der Waals surface area contributed by atoms with Crippen molar-refractivity contribution in [2.75, 3.05) is 5.32 Å². The van der Waals surface area contributed by atoms with Crippen LogP contribution in [0.4, 0.5) is 24.8 Å². The van der Waals surface area contributed by atoms with Crippen molar-refractivity contribution >= 4 is 29.0 Å². The number of alkyl halides is 3. The summed E-state index contributed by atoms with van der Waals surface area (Å²) in [6, 6.07) is 8.75. The lowest BCUT2D eigenvalue weighted by molar-refractivity contribution is -0.274. The number of aryl methyl sites for hydroxylation is 1. The monoisotopic (exact) mass is 461 g/mol. The van der Waals surface area contributed by atoms with Gasteiger partial charge in [0.2, 0.25) is 5.95 Å². The molecule has 0 aliphatic heterocycles. The van der Waals surface area contributed by atoms with E-state index >= 15 is 0 Å². The van der Waals surface area contributed by atoms with Crippen molar-refractivity contribution in [2.45, 2.75) is 59.7 Å². The lowest BCUT2D eigenvalue weighted by atomic mass is 9.73. The third-order valence-corrected chi connectivity index (χ3v) is 5.80. The minimum atomic E-state index is -4.72. The summed E-state index contributed by atoms with van der Waals surface area (Å²) in [4.78, 5) is 18.3. The molecule has 1 aliphatic carbocycles. The van der Waals surface area contributed by atoms with Crippen molar-refractivity contribution < 1.29 is 22.7 Å². The maximum atomic E-state index is 12.1. The molecule has 1 unspecified atom stereocenters. The topological polar surface area (TPSA) is 67.0 Å². The van der Waals surface area contributed by atoms with Crippen LogP contribution in [0, 0.1) is 18.3 Å². The summed E-state index contributed by atoms with van der Waals surface area (Å²) in [7, 11) is 0. The fourth-order valence-corrected chi connectivity index (χ4v) is 4.32. The zero-order chi connectivity index (χ0) is 24.2. The number of nitrogens with one attached hydrogen (secondary N) is 2. The van der Waals surface area contributed by atoms with Crippen LogP contribution < -0.4 is 10.1 Å². The van der Waals surface area contributed by atoms with Crippen molar-refractivity contribution in [2.24, 2.45) is 11.3 Å². The smallest absolute Gasteiger partial charge is 0.406 e. The van der Waals surface area contributed by atoms with Crippen LogP contribution >= 0.6 is 0 Å². The summed E-state index contributed by atoms with van der Waals surface area (Å²) >= 11 is 0. The average Bonchev–Trinajstić information content (AvgIpc) is 3.08. The van der Waals surface area contributed by atoms with Crippen LogP contribution in [0.1, 0.15) is 62.4 Å². The Balaban J connectivity index is 0.000000286. The van der Waals surface area contributed by atoms with Crippen LogP contribution in [0.2, 0.25) is 0 Å². The second-order valence-electron chi connectivity index (χ2n) is 9.49. The molecule has 1 aliphatic rings. The summed E-state index contributed by atoms with van der Waals surface area (Å²) in [6.07, 6.45) is 1.83. The van der Waals surface area contributed by atoms with E-state index in [-0.39, 0.29) is 5.75 Å². The first-order valence-electron chi connectivity index (χ1n) is 11.0. The van der Waals surface area contributed by atoms with Crippen LogP contribution in [0.15, 0.2) is 36.4 Å². The number of H-pyrrole nitrogens is 1. The molecule has 0 spiro atoms. The third-order valence-electron chi connectivity index (χ3n) is 5.80. The minimum absolute atomic E-state index is 0.302. The number of halogens is 3. The molecule has 0 amide bonds. The standard InChI is InChI=1S/C16H12F3N3O2.C9H18/c1-9-6-13-14(7-10(9)8-23)22-15(21-13)20-11-2-4-12(5-3-11)24-16(17,18)19;1-8-5-4-6-9(2,3)7-8/h2-8H,1H3,(H2,20,21,22);8H,4-7H2,1-3H3. The van der Waals surface area contributed by atoms with Crippen molar-refractivity contribution in [3.63, 3.8) is 0 Å². The number of anilines is 2. The highest BCUT2D eigenvalue weighted by Gasteiger charge is 2.31. The van der Waals surface area contributed by atoms with Gasteiger partial charge in [0, 0.05) is 11.3 Å². The Bertz CT molecular complexity index is 1090. The molecule has 33 heavy (non-hydrogen) atoms. The molecular weight excluding hydrogens is 431 g/mol. The Morgan fingerprint density at radius 2 is 1.91 bits per heavy atom. The van der Waals surface area contributed by atoms with Gasteiger partial charge in [0.1, 0.15) is 12.0 Å². The summed E-state index contributed by atoms with van der Waals surface area (Å²) in [5.41, 5.74) is 3.92. The number of hydrogen-bond donors (Lipinski definition) is 2. The highest BCUT2D eigenvalue weighted by atomic mass is 19.4. The Morgan fingerprint density at radius 3 is 2.45 bits per heavy atom. The highest BCUT2D eigenvalue weighted by Crippen LogP contribution is 2.37. The van der Waals surface area contributed by atoms with Gasteiger partial charge in [-0.2, -0.15) is 0 Å². The molecule has 1 atom stereocenters. The number of aromatic nitrogens is 2. The number of fused-ring (bicyclic) bond motifs is 1. The van der Waals surface area contributed by atoms with Gasteiger partial charge in [-0.1, -0.05) is 33.6 Å². The molecule has 0 bridgehead atoms. The van der Waals surface area contributed by atoms with E-state index in [0.717, 1.165) is 23.3 Å². The van der Waals surface area contributed by atoms with Crippen molar-refractivity contribution in [3.05, 3.63) is 47.5 Å². The van der Waals surface area contributed by atoms with E-state index in [4.69, 9.17) is 0 Å². The summed E-state index contributed by atoms with van der Waals surface area (Å²) in [5.74, 6) is 1.09. The fraction of sp³-hybridized carbons (Fsp3) is 0.440.